The zero-order valence-corrected chi connectivity index (χ0v) is 23.7. The van der Waals surface area contributed by atoms with Gasteiger partial charge in [-0.25, -0.2) is 9.78 Å². The van der Waals surface area contributed by atoms with Crippen molar-refractivity contribution in [3.63, 3.8) is 0 Å². The average Bonchev–Trinajstić information content (AvgIpc) is 3.48. The predicted octanol–water partition coefficient (Wildman–Crippen LogP) is 7.80. The van der Waals surface area contributed by atoms with Gasteiger partial charge in [-0.15, -0.1) is 23.1 Å². The topological polar surface area (TPSA) is 108 Å². The van der Waals surface area contributed by atoms with Crippen LogP contribution >= 0.6 is 23.1 Å². The Morgan fingerprint density at radius 2 is 1.48 bits per heavy atom. The first-order chi connectivity index (χ1) is 20.4. The maximum atomic E-state index is 13.1. The van der Waals surface area contributed by atoms with Crippen LogP contribution in [0.3, 0.4) is 0 Å². The van der Waals surface area contributed by atoms with Crippen LogP contribution in [-0.2, 0) is 4.79 Å². The molecule has 6 rings (SSSR count). The van der Waals surface area contributed by atoms with Crippen LogP contribution in [0.4, 0.5) is 10.8 Å². The van der Waals surface area contributed by atoms with Gasteiger partial charge < -0.3 is 15.7 Å². The summed E-state index contributed by atoms with van der Waals surface area (Å²) in [5.41, 5.74) is 2.73. The Morgan fingerprint density at radius 1 is 0.762 bits per heavy atom. The summed E-state index contributed by atoms with van der Waals surface area (Å²) in [4.78, 5) is 42.8. The minimum Gasteiger partial charge on any atom is -0.478 e. The van der Waals surface area contributed by atoms with Gasteiger partial charge >= 0.3 is 5.97 Å². The SMILES string of the molecule is O=C(CSc1ccc(NC(=O)c2cccc3cccc(C(=O)O)c23)cc1)Nc1nc(-c2ccc3ccccc3c2)cs1. The van der Waals surface area contributed by atoms with Crippen molar-refractivity contribution in [1.29, 1.82) is 0 Å². The van der Waals surface area contributed by atoms with E-state index in [0.29, 0.717) is 21.6 Å². The van der Waals surface area contributed by atoms with Crippen LogP contribution in [-0.4, -0.2) is 33.6 Å². The van der Waals surface area contributed by atoms with Gasteiger partial charge in [-0.3, -0.25) is 9.59 Å². The van der Waals surface area contributed by atoms with Gasteiger partial charge in [-0.2, -0.15) is 0 Å². The van der Waals surface area contributed by atoms with Gasteiger partial charge in [-0.1, -0.05) is 60.7 Å². The lowest BCUT2D eigenvalue weighted by molar-refractivity contribution is -0.113. The van der Waals surface area contributed by atoms with Crippen molar-refractivity contribution < 1.29 is 19.5 Å². The zero-order valence-electron chi connectivity index (χ0n) is 22.0. The number of thiazole rings is 1. The molecule has 0 atom stereocenters. The second-order valence-corrected chi connectivity index (χ2v) is 11.3. The highest BCUT2D eigenvalue weighted by Gasteiger charge is 2.17. The number of carbonyl (C=O) groups is 3. The molecule has 7 nitrogen and oxygen atoms in total. The van der Waals surface area contributed by atoms with Crippen LogP contribution in [0, 0.1) is 0 Å². The standard InChI is InChI=1S/C33H23N3O4S2/c37-29(36-33-35-28(18-42-33)23-12-11-20-5-1-2-6-22(20)17-23)19-41-25-15-13-24(14-16-25)34-31(38)26-9-3-7-21-8-4-10-27(30(21)26)32(39)40/h1-18H,19H2,(H,34,38)(H,39,40)(H,35,36,37). The zero-order chi connectivity index (χ0) is 29.1. The predicted molar refractivity (Wildman–Crippen MR) is 170 cm³/mol. The van der Waals surface area contributed by atoms with Crippen LogP contribution in [0.25, 0.3) is 32.8 Å². The van der Waals surface area contributed by atoms with Crippen molar-refractivity contribution in [2.45, 2.75) is 4.90 Å². The summed E-state index contributed by atoms with van der Waals surface area (Å²) < 4.78 is 0. The number of carboxylic acids is 1. The first kappa shape index (κ1) is 27.2. The molecule has 9 heteroatoms. The van der Waals surface area contributed by atoms with Gasteiger partial charge in [0.2, 0.25) is 5.91 Å². The number of fused-ring (bicyclic) bond motifs is 2. The molecule has 0 saturated heterocycles. The van der Waals surface area contributed by atoms with E-state index < -0.39 is 11.9 Å². The average molecular weight is 590 g/mol. The molecule has 3 N–H and O–H groups in total. The maximum Gasteiger partial charge on any atom is 0.336 e. The molecule has 0 saturated carbocycles. The number of nitrogens with one attached hydrogen (secondary N) is 2. The smallest absolute Gasteiger partial charge is 0.336 e. The largest absolute Gasteiger partial charge is 0.478 e. The summed E-state index contributed by atoms with van der Waals surface area (Å²) in [7, 11) is 0. The minimum atomic E-state index is -1.09. The number of benzene rings is 5. The third-order valence-electron chi connectivity index (χ3n) is 6.66. The molecule has 0 unspecified atom stereocenters. The summed E-state index contributed by atoms with van der Waals surface area (Å²) in [6, 6.07) is 31.5. The van der Waals surface area contributed by atoms with Crippen LogP contribution in [0.2, 0.25) is 0 Å². The van der Waals surface area contributed by atoms with Crippen molar-refractivity contribution in [1.82, 2.24) is 4.98 Å². The number of thioether (sulfide) groups is 1. The molecule has 1 aromatic heterocycles. The highest BCUT2D eigenvalue weighted by atomic mass is 32.2. The fourth-order valence-electron chi connectivity index (χ4n) is 4.66. The molecule has 5 aromatic carbocycles. The van der Waals surface area contributed by atoms with Crippen molar-refractivity contribution >= 4 is 73.2 Å². The van der Waals surface area contributed by atoms with Gasteiger partial charge in [0.25, 0.3) is 5.91 Å². The number of carbonyl (C=O) groups excluding carboxylic acids is 2. The Hall–Kier alpha value is -4.99. The van der Waals surface area contributed by atoms with Gasteiger partial charge in [-0.05, 0) is 58.6 Å². The molecule has 0 bridgehead atoms. The molecule has 42 heavy (non-hydrogen) atoms. The number of aromatic carboxylic acids is 1. The number of anilines is 2. The van der Waals surface area contributed by atoms with Crippen LogP contribution < -0.4 is 10.6 Å². The summed E-state index contributed by atoms with van der Waals surface area (Å²) in [6.07, 6.45) is 0. The summed E-state index contributed by atoms with van der Waals surface area (Å²) in [5, 5.41) is 21.2. The summed E-state index contributed by atoms with van der Waals surface area (Å²) in [6.45, 7) is 0. The first-order valence-electron chi connectivity index (χ1n) is 13.0. The summed E-state index contributed by atoms with van der Waals surface area (Å²) in [5.74, 6) is -1.46. The molecule has 1 heterocycles. The lowest BCUT2D eigenvalue weighted by Gasteiger charge is -2.11. The fourth-order valence-corrected chi connectivity index (χ4v) is 6.09. The van der Waals surface area contributed by atoms with E-state index in [4.69, 9.17) is 0 Å². The van der Waals surface area contributed by atoms with Gasteiger partial charge in [0, 0.05) is 32.5 Å². The summed E-state index contributed by atoms with van der Waals surface area (Å²) >= 11 is 2.75. The minimum absolute atomic E-state index is 0.0749. The van der Waals surface area contributed by atoms with Crippen LogP contribution in [0.5, 0.6) is 0 Å². The first-order valence-corrected chi connectivity index (χ1v) is 14.8. The molecule has 0 fully saturated rings. The Kier molecular flexibility index (Phi) is 7.68. The number of nitrogens with zero attached hydrogens (tertiary/aromatic N) is 1. The number of hydrogen-bond donors (Lipinski definition) is 3. The number of aromatic nitrogens is 1. The van der Waals surface area contributed by atoms with Crippen molar-refractivity contribution in [2.75, 3.05) is 16.4 Å². The highest BCUT2D eigenvalue weighted by Crippen LogP contribution is 2.29. The van der Waals surface area contributed by atoms with E-state index in [0.717, 1.165) is 26.9 Å². The van der Waals surface area contributed by atoms with E-state index in [1.54, 1.807) is 42.5 Å². The van der Waals surface area contributed by atoms with Gasteiger partial charge in [0.05, 0.1) is 17.0 Å². The van der Waals surface area contributed by atoms with Gasteiger partial charge in [0.1, 0.15) is 0 Å². The number of hydrogen-bond acceptors (Lipinski definition) is 6. The van der Waals surface area contributed by atoms with E-state index in [-0.39, 0.29) is 22.8 Å². The van der Waals surface area contributed by atoms with Crippen molar-refractivity contribution in [3.05, 3.63) is 120 Å². The Bertz CT molecular complexity index is 1960. The van der Waals surface area contributed by atoms with E-state index in [2.05, 4.69) is 39.9 Å². The molecule has 0 spiro atoms. The van der Waals surface area contributed by atoms with Crippen molar-refractivity contribution in [2.24, 2.45) is 0 Å². The van der Waals surface area contributed by atoms with Gasteiger partial charge in [0.15, 0.2) is 5.13 Å². The molecular weight excluding hydrogens is 567 g/mol. The second-order valence-electron chi connectivity index (χ2n) is 9.43. The molecule has 206 valence electrons. The van der Waals surface area contributed by atoms with E-state index >= 15 is 0 Å². The van der Waals surface area contributed by atoms with E-state index in [9.17, 15) is 19.5 Å². The Balaban J connectivity index is 1.06. The maximum absolute atomic E-state index is 13.1. The monoisotopic (exact) mass is 589 g/mol. The molecule has 0 aliphatic rings. The quantitative estimate of drug-likeness (QED) is 0.156. The van der Waals surface area contributed by atoms with Crippen LogP contribution in [0.1, 0.15) is 20.7 Å². The molecule has 0 radical (unpaired) electrons. The molecular formula is C33H23N3O4S2. The van der Waals surface area contributed by atoms with Crippen molar-refractivity contribution in [3.8, 4) is 11.3 Å². The number of amides is 2. The van der Waals surface area contributed by atoms with E-state index in [1.165, 1.54) is 29.2 Å². The lowest BCUT2D eigenvalue weighted by Crippen LogP contribution is -2.14. The molecule has 2 amide bonds. The second kappa shape index (κ2) is 11.9. The molecule has 0 aliphatic heterocycles. The Labute approximate surface area is 249 Å². The van der Waals surface area contributed by atoms with Crippen LogP contribution in [0.15, 0.2) is 113 Å². The molecule has 6 aromatic rings. The number of rotatable bonds is 8. The Morgan fingerprint density at radius 3 is 2.24 bits per heavy atom. The van der Waals surface area contributed by atoms with E-state index in [1.807, 2.05) is 35.7 Å². The number of carboxylic acid groups (broad SMARTS) is 1. The fraction of sp³-hybridized carbons (Fsp3) is 0.0303. The third-order valence-corrected chi connectivity index (χ3v) is 8.43. The normalized spacial score (nSPS) is 11.0. The lowest BCUT2D eigenvalue weighted by atomic mass is 9.98. The third kappa shape index (κ3) is 5.88. The molecule has 0 aliphatic carbocycles. The highest BCUT2D eigenvalue weighted by molar-refractivity contribution is 8.00.